The van der Waals surface area contributed by atoms with E-state index < -0.39 is 5.91 Å². The molecule has 4 nitrogen and oxygen atoms in total. The molecule has 0 fully saturated rings. The van der Waals surface area contributed by atoms with Crippen molar-refractivity contribution in [3.05, 3.63) is 33.8 Å². The molecular weight excluding hydrogens is 216 g/mol. The predicted molar refractivity (Wildman–Crippen MR) is 58.1 cm³/mol. The van der Waals surface area contributed by atoms with Gasteiger partial charge in [-0.2, -0.15) is 0 Å². The van der Waals surface area contributed by atoms with Gasteiger partial charge >= 0.3 is 0 Å². The van der Waals surface area contributed by atoms with Crippen molar-refractivity contribution >= 4 is 23.4 Å². The predicted octanol–water partition coefficient (Wildman–Crippen LogP) is 1.11. The van der Waals surface area contributed by atoms with Crippen molar-refractivity contribution in [3.8, 4) is 0 Å². The lowest BCUT2D eigenvalue weighted by molar-refractivity contribution is 0.0943. The van der Waals surface area contributed by atoms with Gasteiger partial charge < -0.3 is 11.1 Å². The van der Waals surface area contributed by atoms with Crippen molar-refractivity contribution in [2.75, 3.05) is 7.05 Å². The molecule has 0 aliphatic carbocycles. The zero-order valence-electron chi connectivity index (χ0n) is 8.43. The molecule has 0 radical (unpaired) electrons. The SMILES string of the molecule is CNC(=O)c1cc(Cl)cc(C)c1C(N)=O. The zero-order chi connectivity index (χ0) is 11.6. The van der Waals surface area contributed by atoms with E-state index in [1.54, 1.807) is 13.0 Å². The molecule has 0 saturated carbocycles. The molecule has 0 spiro atoms. The van der Waals surface area contributed by atoms with Crippen LogP contribution in [-0.4, -0.2) is 18.9 Å². The van der Waals surface area contributed by atoms with Crippen molar-refractivity contribution in [2.24, 2.45) is 5.73 Å². The second kappa shape index (κ2) is 4.31. The third-order valence-electron chi connectivity index (χ3n) is 2.02. The highest BCUT2D eigenvalue weighted by molar-refractivity contribution is 6.31. The summed E-state index contributed by atoms with van der Waals surface area (Å²) in [5, 5.41) is 2.82. The number of carbonyl (C=O) groups excluding carboxylic acids is 2. The van der Waals surface area contributed by atoms with Crippen LogP contribution in [0.5, 0.6) is 0 Å². The van der Waals surface area contributed by atoms with Gasteiger partial charge in [0.25, 0.3) is 5.91 Å². The van der Waals surface area contributed by atoms with E-state index in [9.17, 15) is 9.59 Å². The normalized spacial score (nSPS) is 9.80. The average molecular weight is 227 g/mol. The Hall–Kier alpha value is -1.55. The first-order chi connectivity index (χ1) is 6.97. The number of amides is 2. The van der Waals surface area contributed by atoms with Crippen LogP contribution in [0.1, 0.15) is 26.3 Å². The fourth-order valence-electron chi connectivity index (χ4n) is 1.38. The summed E-state index contributed by atoms with van der Waals surface area (Å²) in [6, 6.07) is 3.02. The Kier molecular flexibility index (Phi) is 3.31. The molecule has 1 aromatic carbocycles. The van der Waals surface area contributed by atoms with Crippen LogP contribution in [0.2, 0.25) is 5.02 Å². The van der Waals surface area contributed by atoms with Gasteiger partial charge in [-0.15, -0.1) is 0 Å². The minimum absolute atomic E-state index is 0.204. The Bertz CT molecular complexity index is 430. The smallest absolute Gasteiger partial charge is 0.251 e. The van der Waals surface area contributed by atoms with Gasteiger partial charge in [0.1, 0.15) is 0 Å². The average Bonchev–Trinajstić information content (AvgIpc) is 2.14. The van der Waals surface area contributed by atoms with Crippen LogP contribution in [0.4, 0.5) is 0 Å². The van der Waals surface area contributed by atoms with Crippen LogP contribution in [0, 0.1) is 6.92 Å². The number of hydrogen-bond donors (Lipinski definition) is 2. The van der Waals surface area contributed by atoms with Crippen LogP contribution >= 0.6 is 11.6 Å². The fourth-order valence-corrected chi connectivity index (χ4v) is 1.66. The summed E-state index contributed by atoms with van der Waals surface area (Å²) in [4.78, 5) is 22.6. The quantitative estimate of drug-likeness (QED) is 0.793. The van der Waals surface area contributed by atoms with Crippen molar-refractivity contribution in [1.29, 1.82) is 0 Å². The van der Waals surface area contributed by atoms with Gasteiger partial charge in [0.2, 0.25) is 5.91 Å². The number of nitrogens with one attached hydrogen (secondary N) is 1. The third-order valence-corrected chi connectivity index (χ3v) is 2.24. The van der Waals surface area contributed by atoms with Gasteiger partial charge in [0, 0.05) is 12.1 Å². The number of rotatable bonds is 2. The molecule has 80 valence electrons. The Morgan fingerprint density at radius 1 is 1.40 bits per heavy atom. The Morgan fingerprint density at radius 3 is 2.47 bits per heavy atom. The lowest BCUT2D eigenvalue weighted by Gasteiger charge is -2.09. The van der Waals surface area contributed by atoms with E-state index in [4.69, 9.17) is 17.3 Å². The monoisotopic (exact) mass is 226 g/mol. The van der Waals surface area contributed by atoms with Gasteiger partial charge in [-0.05, 0) is 24.6 Å². The molecular formula is C10H11ClN2O2. The molecule has 3 N–H and O–H groups in total. The van der Waals surface area contributed by atoms with Crippen molar-refractivity contribution in [3.63, 3.8) is 0 Å². The third kappa shape index (κ3) is 2.27. The summed E-state index contributed by atoms with van der Waals surface area (Å²) in [6.07, 6.45) is 0. The molecule has 1 rings (SSSR count). The molecule has 0 heterocycles. The molecule has 15 heavy (non-hydrogen) atoms. The fraction of sp³-hybridized carbons (Fsp3) is 0.200. The summed E-state index contributed by atoms with van der Waals surface area (Å²) in [5.74, 6) is -1.02. The van der Waals surface area contributed by atoms with Crippen LogP contribution in [-0.2, 0) is 0 Å². The minimum atomic E-state index is -0.636. The highest BCUT2D eigenvalue weighted by Gasteiger charge is 2.17. The maximum absolute atomic E-state index is 11.5. The molecule has 0 unspecified atom stereocenters. The Morgan fingerprint density at radius 2 is 2.00 bits per heavy atom. The van der Waals surface area contributed by atoms with E-state index in [2.05, 4.69) is 5.32 Å². The number of carbonyl (C=O) groups is 2. The molecule has 0 saturated heterocycles. The highest BCUT2D eigenvalue weighted by atomic mass is 35.5. The van der Waals surface area contributed by atoms with Crippen LogP contribution in [0.25, 0.3) is 0 Å². The Balaban J connectivity index is 3.46. The van der Waals surface area contributed by atoms with E-state index in [-0.39, 0.29) is 17.0 Å². The maximum atomic E-state index is 11.5. The lowest BCUT2D eigenvalue weighted by atomic mass is 10.0. The van der Waals surface area contributed by atoms with Crippen LogP contribution in [0.3, 0.4) is 0 Å². The number of halogens is 1. The molecule has 0 aliphatic rings. The van der Waals surface area contributed by atoms with E-state index in [1.165, 1.54) is 13.1 Å². The van der Waals surface area contributed by atoms with E-state index in [0.717, 1.165) is 0 Å². The standard InChI is InChI=1S/C10H11ClN2O2/c1-5-3-6(11)4-7(10(15)13-2)8(5)9(12)14/h3-4H,1-2H3,(H2,12,14)(H,13,15). The van der Waals surface area contributed by atoms with Gasteiger partial charge in [0.05, 0.1) is 11.1 Å². The number of benzene rings is 1. The summed E-state index contributed by atoms with van der Waals surface area (Å²) < 4.78 is 0. The number of primary amides is 1. The number of hydrogen-bond acceptors (Lipinski definition) is 2. The lowest BCUT2D eigenvalue weighted by Crippen LogP contribution is -2.24. The van der Waals surface area contributed by atoms with E-state index in [1.807, 2.05) is 0 Å². The first kappa shape index (κ1) is 11.5. The number of aryl methyl sites for hydroxylation is 1. The topological polar surface area (TPSA) is 72.2 Å². The van der Waals surface area contributed by atoms with Crippen molar-refractivity contribution in [2.45, 2.75) is 6.92 Å². The molecule has 0 aliphatic heterocycles. The molecule has 0 atom stereocenters. The van der Waals surface area contributed by atoms with E-state index >= 15 is 0 Å². The van der Waals surface area contributed by atoms with Crippen LogP contribution in [0.15, 0.2) is 12.1 Å². The summed E-state index contributed by atoms with van der Waals surface area (Å²) in [5.41, 5.74) is 6.20. The van der Waals surface area contributed by atoms with Crippen molar-refractivity contribution in [1.82, 2.24) is 5.32 Å². The maximum Gasteiger partial charge on any atom is 0.251 e. The zero-order valence-corrected chi connectivity index (χ0v) is 9.18. The Labute approximate surface area is 92.4 Å². The van der Waals surface area contributed by atoms with Gasteiger partial charge in [-0.1, -0.05) is 11.6 Å². The molecule has 0 aromatic heterocycles. The molecule has 0 bridgehead atoms. The van der Waals surface area contributed by atoms with Gasteiger partial charge in [-0.3, -0.25) is 9.59 Å². The second-order valence-corrected chi connectivity index (χ2v) is 3.53. The second-order valence-electron chi connectivity index (χ2n) is 3.09. The highest BCUT2D eigenvalue weighted by Crippen LogP contribution is 2.20. The first-order valence-corrected chi connectivity index (χ1v) is 4.67. The van der Waals surface area contributed by atoms with Gasteiger partial charge in [0.15, 0.2) is 0 Å². The first-order valence-electron chi connectivity index (χ1n) is 4.29. The van der Waals surface area contributed by atoms with Gasteiger partial charge in [-0.25, -0.2) is 0 Å². The minimum Gasteiger partial charge on any atom is -0.366 e. The van der Waals surface area contributed by atoms with Crippen LogP contribution < -0.4 is 11.1 Å². The largest absolute Gasteiger partial charge is 0.366 e. The molecule has 5 heteroatoms. The molecule has 2 amide bonds. The summed E-state index contributed by atoms with van der Waals surface area (Å²) >= 11 is 5.80. The molecule has 1 aromatic rings. The van der Waals surface area contributed by atoms with E-state index in [0.29, 0.717) is 10.6 Å². The summed E-state index contributed by atoms with van der Waals surface area (Å²) in [7, 11) is 1.48. The number of nitrogens with two attached hydrogens (primary N) is 1. The summed E-state index contributed by atoms with van der Waals surface area (Å²) in [6.45, 7) is 1.68. The van der Waals surface area contributed by atoms with Crippen molar-refractivity contribution < 1.29 is 9.59 Å².